The van der Waals surface area contributed by atoms with Gasteiger partial charge in [0.1, 0.15) is 0 Å². The molecule has 1 fully saturated rings. The molecule has 1 saturated heterocycles. The summed E-state index contributed by atoms with van der Waals surface area (Å²) in [5, 5.41) is 9.04. The highest BCUT2D eigenvalue weighted by Gasteiger charge is 2.23. The van der Waals surface area contributed by atoms with E-state index in [0.717, 1.165) is 12.8 Å². The largest absolute Gasteiger partial charge is 0.394 e. The third kappa shape index (κ3) is 10.6. The topological polar surface area (TPSA) is 29.5 Å². The summed E-state index contributed by atoms with van der Waals surface area (Å²) in [6.07, 6.45) is 22.4. The minimum Gasteiger partial charge on any atom is -0.394 e. The van der Waals surface area contributed by atoms with Crippen LogP contribution in [-0.4, -0.2) is 23.9 Å². The zero-order chi connectivity index (χ0) is 15.9. The van der Waals surface area contributed by atoms with Crippen LogP contribution in [0.25, 0.3) is 0 Å². The lowest BCUT2D eigenvalue weighted by Gasteiger charge is -2.11. The minimum absolute atomic E-state index is 0.131. The molecule has 2 atom stereocenters. The molecule has 0 aromatic carbocycles. The third-order valence-corrected chi connectivity index (χ3v) is 5.03. The van der Waals surface area contributed by atoms with E-state index in [1.54, 1.807) is 0 Å². The monoisotopic (exact) mass is 312 g/mol. The Bertz CT molecular complexity index is 230. The molecule has 1 aliphatic rings. The van der Waals surface area contributed by atoms with Gasteiger partial charge in [-0.15, -0.1) is 0 Å². The Labute approximate surface area is 139 Å². The predicted octanol–water partition coefficient (Wildman–Crippen LogP) is 6.01. The van der Waals surface area contributed by atoms with E-state index in [4.69, 9.17) is 9.84 Å². The second kappa shape index (κ2) is 14.5. The number of aliphatic hydroxyl groups is 1. The molecule has 0 aromatic rings. The number of unbranched alkanes of at least 4 members (excludes halogenated alkanes) is 12. The summed E-state index contributed by atoms with van der Waals surface area (Å²) in [7, 11) is 0. The van der Waals surface area contributed by atoms with Crippen molar-refractivity contribution in [3.63, 3.8) is 0 Å². The molecule has 0 aliphatic carbocycles. The fraction of sp³-hybridized carbons (Fsp3) is 1.00. The van der Waals surface area contributed by atoms with Crippen molar-refractivity contribution in [2.75, 3.05) is 6.61 Å². The molecule has 0 bridgehead atoms. The minimum atomic E-state index is 0.131. The molecule has 0 radical (unpaired) electrons. The van der Waals surface area contributed by atoms with Gasteiger partial charge in [-0.2, -0.15) is 0 Å². The van der Waals surface area contributed by atoms with Crippen LogP contribution in [-0.2, 0) is 4.74 Å². The van der Waals surface area contributed by atoms with Gasteiger partial charge in [-0.1, -0.05) is 90.4 Å². The van der Waals surface area contributed by atoms with Crippen molar-refractivity contribution in [3.05, 3.63) is 0 Å². The maximum atomic E-state index is 9.04. The van der Waals surface area contributed by atoms with E-state index in [2.05, 4.69) is 6.92 Å². The van der Waals surface area contributed by atoms with Crippen LogP contribution in [0.4, 0.5) is 0 Å². The smallest absolute Gasteiger partial charge is 0.0810 e. The van der Waals surface area contributed by atoms with E-state index >= 15 is 0 Å². The summed E-state index contributed by atoms with van der Waals surface area (Å²) in [5.41, 5.74) is 0. The summed E-state index contributed by atoms with van der Waals surface area (Å²) >= 11 is 0. The highest BCUT2D eigenvalue weighted by atomic mass is 16.5. The van der Waals surface area contributed by atoms with Gasteiger partial charge in [-0.3, -0.25) is 0 Å². The lowest BCUT2D eigenvalue weighted by molar-refractivity contribution is 0.00758. The first-order valence-corrected chi connectivity index (χ1v) is 10.1. The van der Waals surface area contributed by atoms with Gasteiger partial charge < -0.3 is 9.84 Å². The molecule has 132 valence electrons. The first-order chi connectivity index (χ1) is 10.9. The molecule has 2 heteroatoms. The van der Waals surface area contributed by atoms with Gasteiger partial charge >= 0.3 is 0 Å². The molecule has 22 heavy (non-hydrogen) atoms. The molecule has 1 heterocycles. The van der Waals surface area contributed by atoms with E-state index in [9.17, 15) is 0 Å². The highest BCUT2D eigenvalue weighted by molar-refractivity contribution is 4.72. The van der Waals surface area contributed by atoms with E-state index in [1.165, 1.54) is 89.9 Å². The van der Waals surface area contributed by atoms with Crippen LogP contribution in [0.5, 0.6) is 0 Å². The van der Waals surface area contributed by atoms with Crippen molar-refractivity contribution in [3.8, 4) is 0 Å². The maximum Gasteiger partial charge on any atom is 0.0810 e. The molecule has 1 N–H and O–H groups in total. The van der Waals surface area contributed by atoms with Gasteiger partial charge in [0, 0.05) is 0 Å². The second-order valence-electron chi connectivity index (χ2n) is 7.17. The van der Waals surface area contributed by atoms with Gasteiger partial charge in [0.25, 0.3) is 0 Å². The molecule has 0 unspecified atom stereocenters. The predicted molar refractivity (Wildman–Crippen MR) is 95.3 cm³/mol. The van der Waals surface area contributed by atoms with Gasteiger partial charge in [0.15, 0.2) is 0 Å². The van der Waals surface area contributed by atoms with E-state index in [0.29, 0.717) is 6.10 Å². The van der Waals surface area contributed by atoms with Crippen molar-refractivity contribution < 1.29 is 9.84 Å². The first-order valence-electron chi connectivity index (χ1n) is 10.1. The van der Waals surface area contributed by atoms with E-state index in [-0.39, 0.29) is 12.7 Å². The molecular formula is C20H40O2. The normalized spacial score (nSPS) is 21.5. The fourth-order valence-corrected chi connectivity index (χ4v) is 3.52. The summed E-state index contributed by atoms with van der Waals surface area (Å²) in [6.45, 7) is 2.49. The lowest BCUT2D eigenvalue weighted by atomic mass is 10.0. The van der Waals surface area contributed by atoms with E-state index < -0.39 is 0 Å². The van der Waals surface area contributed by atoms with Crippen LogP contribution >= 0.6 is 0 Å². The average molecular weight is 313 g/mol. The van der Waals surface area contributed by atoms with Gasteiger partial charge in [-0.25, -0.2) is 0 Å². The zero-order valence-electron chi connectivity index (χ0n) is 15.0. The third-order valence-electron chi connectivity index (χ3n) is 5.03. The number of rotatable bonds is 15. The summed E-state index contributed by atoms with van der Waals surface area (Å²) < 4.78 is 5.77. The second-order valence-corrected chi connectivity index (χ2v) is 7.17. The average Bonchev–Trinajstić information content (AvgIpc) is 3.00. The number of hydrogen-bond donors (Lipinski definition) is 1. The molecule has 2 nitrogen and oxygen atoms in total. The molecule has 0 spiro atoms. The van der Waals surface area contributed by atoms with Gasteiger partial charge in [-0.05, 0) is 19.3 Å². The Balaban J connectivity index is 1.72. The molecular weight excluding hydrogens is 272 g/mol. The lowest BCUT2D eigenvalue weighted by Crippen LogP contribution is -2.14. The number of hydrogen-bond acceptors (Lipinski definition) is 2. The quantitative estimate of drug-likeness (QED) is 0.375. The number of aliphatic hydroxyl groups excluding tert-OH is 1. The maximum absolute atomic E-state index is 9.04. The Morgan fingerprint density at radius 3 is 1.59 bits per heavy atom. The van der Waals surface area contributed by atoms with Crippen LogP contribution < -0.4 is 0 Å². The van der Waals surface area contributed by atoms with Crippen molar-refractivity contribution >= 4 is 0 Å². The summed E-state index contributed by atoms with van der Waals surface area (Å²) in [4.78, 5) is 0. The molecule has 0 amide bonds. The molecule has 1 aliphatic heterocycles. The van der Waals surface area contributed by atoms with Crippen LogP contribution in [0.15, 0.2) is 0 Å². The van der Waals surface area contributed by atoms with Crippen molar-refractivity contribution in [2.24, 2.45) is 0 Å². The Hall–Kier alpha value is -0.0800. The van der Waals surface area contributed by atoms with E-state index in [1.807, 2.05) is 0 Å². The Morgan fingerprint density at radius 1 is 0.682 bits per heavy atom. The summed E-state index contributed by atoms with van der Waals surface area (Å²) in [6, 6.07) is 0. The summed E-state index contributed by atoms with van der Waals surface area (Å²) in [5.74, 6) is 0. The van der Waals surface area contributed by atoms with Crippen LogP contribution in [0.1, 0.15) is 110 Å². The van der Waals surface area contributed by atoms with Crippen molar-refractivity contribution in [2.45, 2.75) is 122 Å². The van der Waals surface area contributed by atoms with Crippen LogP contribution in [0.3, 0.4) is 0 Å². The molecule has 1 rings (SSSR count). The standard InChI is InChI=1S/C20H40O2/c1-2-3-4-5-6-7-8-9-10-11-12-13-14-15-19-16-17-20(18-21)22-19/h19-21H,2-18H2,1H3/t19-,20+/m0/s1. The Morgan fingerprint density at radius 2 is 1.14 bits per heavy atom. The first kappa shape index (κ1) is 20.0. The van der Waals surface area contributed by atoms with Crippen LogP contribution in [0.2, 0.25) is 0 Å². The fourth-order valence-electron chi connectivity index (χ4n) is 3.52. The SMILES string of the molecule is CCCCCCCCCCCCCCC[C@H]1CC[C@H](CO)O1. The van der Waals surface area contributed by atoms with Crippen molar-refractivity contribution in [1.82, 2.24) is 0 Å². The van der Waals surface area contributed by atoms with Crippen LogP contribution in [0, 0.1) is 0 Å². The Kier molecular flexibility index (Phi) is 13.2. The number of ether oxygens (including phenoxy) is 1. The highest BCUT2D eigenvalue weighted by Crippen LogP contribution is 2.23. The molecule has 0 aromatic heterocycles. The van der Waals surface area contributed by atoms with Crippen molar-refractivity contribution in [1.29, 1.82) is 0 Å². The van der Waals surface area contributed by atoms with Gasteiger partial charge in [0.2, 0.25) is 0 Å². The zero-order valence-corrected chi connectivity index (χ0v) is 15.0. The molecule has 0 saturated carbocycles. The van der Waals surface area contributed by atoms with Gasteiger partial charge in [0.05, 0.1) is 18.8 Å².